The summed E-state index contributed by atoms with van der Waals surface area (Å²) in [4.78, 5) is 16.4. The number of aliphatic hydroxyl groups excluding tert-OH is 1. The van der Waals surface area contributed by atoms with Crippen molar-refractivity contribution in [2.75, 3.05) is 7.11 Å². The van der Waals surface area contributed by atoms with Crippen LogP contribution in [0.3, 0.4) is 0 Å². The van der Waals surface area contributed by atoms with Crippen LogP contribution in [-0.2, 0) is 4.79 Å². The van der Waals surface area contributed by atoms with E-state index in [1.165, 1.54) is 0 Å². The second-order valence-electron chi connectivity index (χ2n) is 6.54. The van der Waals surface area contributed by atoms with Gasteiger partial charge in [-0.3, -0.25) is 4.79 Å². The number of nitrogens with zero attached hydrogens (tertiary/aromatic N) is 1. The van der Waals surface area contributed by atoms with Crippen molar-refractivity contribution in [3.05, 3.63) is 46.6 Å². The van der Waals surface area contributed by atoms with Gasteiger partial charge in [-0.1, -0.05) is 26.0 Å². The van der Waals surface area contributed by atoms with Gasteiger partial charge < -0.3 is 9.84 Å². The third-order valence-electron chi connectivity index (χ3n) is 4.22. The minimum Gasteiger partial charge on any atom is -0.481 e. The molecule has 0 saturated heterocycles. The number of carbonyl (C=O) groups is 1. The number of ether oxygens (including phenoxy) is 1. The Bertz CT molecular complexity index is 742. The fourth-order valence-corrected chi connectivity index (χ4v) is 3.00. The number of pyridine rings is 1. The first-order chi connectivity index (χ1) is 11.3. The molecule has 4 nitrogen and oxygen atoms in total. The Hall–Kier alpha value is -2.20. The molecule has 0 bridgehead atoms. The van der Waals surface area contributed by atoms with Gasteiger partial charge in [-0.2, -0.15) is 0 Å². The predicted molar refractivity (Wildman–Crippen MR) is 95.2 cm³/mol. The van der Waals surface area contributed by atoms with Gasteiger partial charge in [-0.15, -0.1) is 0 Å². The Morgan fingerprint density at radius 2 is 1.67 bits per heavy atom. The summed E-state index contributed by atoms with van der Waals surface area (Å²) >= 11 is 0. The molecule has 0 fully saturated rings. The molecule has 2 rings (SSSR count). The molecule has 1 heterocycles. The molecule has 0 aliphatic rings. The van der Waals surface area contributed by atoms with Crippen LogP contribution in [0, 0.1) is 26.7 Å². The average molecular weight is 327 g/mol. The van der Waals surface area contributed by atoms with Crippen LogP contribution in [0.15, 0.2) is 24.4 Å². The summed E-state index contributed by atoms with van der Waals surface area (Å²) in [5, 5.41) is 10.3. The third kappa shape index (κ3) is 3.49. The predicted octanol–water partition coefficient (Wildman–Crippen LogP) is 3.94. The molecule has 2 aromatic rings. The zero-order valence-electron chi connectivity index (χ0n) is 15.2. The minimum absolute atomic E-state index is 0.163. The van der Waals surface area contributed by atoms with Gasteiger partial charge in [-0.05, 0) is 49.1 Å². The number of carbonyl (C=O) groups excluding carboxylic acids is 1. The minimum atomic E-state index is -1.08. The van der Waals surface area contributed by atoms with Crippen molar-refractivity contribution in [3.63, 3.8) is 0 Å². The van der Waals surface area contributed by atoms with Gasteiger partial charge in [0.1, 0.15) is 6.10 Å². The first-order valence-corrected chi connectivity index (χ1v) is 8.10. The fraction of sp³-hybridized carbons (Fsp3) is 0.400. The van der Waals surface area contributed by atoms with E-state index >= 15 is 0 Å². The van der Waals surface area contributed by atoms with Crippen LogP contribution in [0.2, 0.25) is 0 Å². The van der Waals surface area contributed by atoms with Crippen LogP contribution >= 0.6 is 0 Å². The van der Waals surface area contributed by atoms with Crippen molar-refractivity contribution in [3.8, 4) is 17.0 Å². The number of ketones is 1. The summed E-state index contributed by atoms with van der Waals surface area (Å²) in [6.45, 7) is 9.52. The summed E-state index contributed by atoms with van der Waals surface area (Å²) in [6.07, 6.45) is 0.712. The van der Waals surface area contributed by atoms with Crippen molar-refractivity contribution >= 4 is 5.78 Å². The van der Waals surface area contributed by atoms with Crippen molar-refractivity contribution in [2.45, 2.75) is 40.7 Å². The Morgan fingerprint density at radius 3 is 2.12 bits per heavy atom. The zero-order valence-corrected chi connectivity index (χ0v) is 15.2. The molecule has 1 aromatic carbocycles. The number of hydrogen-bond acceptors (Lipinski definition) is 4. The average Bonchev–Trinajstić information content (AvgIpc) is 2.52. The van der Waals surface area contributed by atoms with E-state index in [4.69, 9.17) is 4.74 Å². The SMILES string of the molecule is COc1ncc(-c2c(C)cc(C(O)C(=O)C(C)C)cc2C)cc1C. The van der Waals surface area contributed by atoms with Gasteiger partial charge in [0.25, 0.3) is 0 Å². The highest BCUT2D eigenvalue weighted by Gasteiger charge is 2.22. The number of methoxy groups -OCH3 is 1. The van der Waals surface area contributed by atoms with Gasteiger partial charge >= 0.3 is 0 Å². The highest BCUT2D eigenvalue weighted by atomic mass is 16.5. The molecule has 0 spiro atoms. The summed E-state index contributed by atoms with van der Waals surface area (Å²) in [6, 6.07) is 5.80. The standard InChI is InChI=1S/C20H25NO3/c1-11(2)18(22)19(23)15-7-12(3)17(13(4)8-15)16-9-14(5)20(24-6)21-10-16/h7-11,19,23H,1-6H3. The maximum atomic E-state index is 12.1. The maximum absolute atomic E-state index is 12.1. The number of aliphatic hydroxyl groups is 1. The number of rotatable bonds is 5. The molecule has 0 aliphatic carbocycles. The van der Waals surface area contributed by atoms with Crippen LogP contribution in [-0.4, -0.2) is 23.0 Å². The van der Waals surface area contributed by atoms with Crippen LogP contribution in [0.25, 0.3) is 11.1 Å². The molecule has 1 atom stereocenters. The molecule has 1 unspecified atom stereocenters. The zero-order chi connectivity index (χ0) is 18.0. The fourth-order valence-electron chi connectivity index (χ4n) is 3.00. The van der Waals surface area contributed by atoms with Crippen LogP contribution in [0.1, 0.15) is 42.2 Å². The second kappa shape index (κ2) is 7.14. The van der Waals surface area contributed by atoms with Crippen molar-refractivity contribution in [1.82, 2.24) is 4.98 Å². The summed E-state index contributed by atoms with van der Waals surface area (Å²) < 4.78 is 5.21. The van der Waals surface area contributed by atoms with Crippen LogP contribution in [0.5, 0.6) is 5.88 Å². The lowest BCUT2D eigenvalue weighted by atomic mass is 9.90. The van der Waals surface area contributed by atoms with Crippen molar-refractivity contribution in [2.24, 2.45) is 5.92 Å². The Morgan fingerprint density at radius 1 is 1.08 bits per heavy atom. The molecule has 24 heavy (non-hydrogen) atoms. The molecular formula is C20H25NO3. The Kier molecular flexibility index (Phi) is 5.40. The summed E-state index contributed by atoms with van der Waals surface area (Å²) in [5.74, 6) is 0.251. The summed E-state index contributed by atoms with van der Waals surface area (Å²) in [5.41, 5.74) is 5.69. The number of benzene rings is 1. The van der Waals surface area contributed by atoms with E-state index < -0.39 is 6.10 Å². The van der Waals surface area contributed by atoms with Crippen molar-refractivity contribution in [1.29, 1.82) is 0 Å². The van der Waals surface area contributed by atoms with Gasteiger partial charge in [0.2, 0.25) is 5.88 Å². The van der Waals surface area contributed by atoms with Gasteiger partial charge in [0, 0.05) is 23.2 Å². The smallest absolute Gasteiger partial charge is 0.215 e. The molecule has 4 heteroatoms. The molecule has 0 radical (unpaired) electrons. The van der Waals surface area contributed by atoms with E-state index in [1.54, 1.807) is 27.2 Å². The van der Waals surface area contributed by atoms with E-state index in [-0.39, 0.29) is 11.7 Å². The second-order valence-corrected chi connectivity index (χ2v) is 6.54. The lowest BCUT2D eigenvalue weighted by Crippen LogP contribution is -2.18. The normalized spacial score (nSPS) is 12.3. The lowest BCUT2D eigenvalue weighted by molar-refractivity contribution is -0.130. The van der Waals surface area contributed by atoms with Crippen LogP contribution < -0.4 is 4.74 Å². The number of hydrogen-bond donors (Lipinski definition) is 1. The Labute approximate surface area is 143 Å². The lowest BCUT2D eigenvalue weighted by Gasteiger charge is -2.17. The first-order valence-electron chi connectivity index (χ1n) is 8.10. The maximum Gasteiger partial charge on any atom is 0.215 e. The van der Waals surface area contributed by atoms with E-state index in [1.807, 2.05) is 39.0 Å². The van der Waals surface area contributed by atoms with E-state index in [9.17, 15) is 9.90 Å². The summed E-state index contributed by atoms with van der Waals surface area (Å²) in [7, 11) is 1.60. The molecule has 1 N–H and O–H groups in total. The number of Topliss-reactive ketones (excluding diaryl/α,β-unsaturated/α-hetero) is 1. The number of aromatic nitrogens is 1. The van der Waals surface area contributed by atoms with Gasteiger partial charge in [-0.25, -0.2) is 4.98 Å². The largest absolute Gasteiger partial charge is 0.481 e. The monoisotopic (exact) mass is 327 g/mol. The topological polar surface area (TPSA) is 59.4 Å². The molecule has 0 amide bonds. The highest BCUT2D eigenvalue weighted by molar-refractivity contribution is 5.86. The third-order valence-corrected chi connectivity index (χ3v) is 4.22. The highest BCUT2D eigenvalue weighted by Crippen LogP contribution is 2.32. The first kappa shape index (κ1) is 18.1. The van der Waals surface area contributed by atoms with E-state index in [0.717, 1.165) is 27.8 Å². The number of aryl methyl sites for hydroxylation is 3. The molecule has 128 valence electrons. The van der Waals surface area contributed by atoms with Gasteiger partial charge in [0.05, 0.1) is 7.11 Å². The van der Waals surface area contributed by atoms with Crippen molar-refractivity contribution < 1.29 is 14.6 Å². The van der Waals surface area contributed by atoms with E-state index in [0.29, 0.717) is 11.4 Å². The molecule has 0 aliphatic heterocycles. The Balaban J connectivity index is 2.47. The quantitative estimate of drug-likeness (QED) is 0.903. The molecular weight excluding hydrogens is 302 g/mol. The van der Waals surface area contributed by atoms with E-state index in [2.05, 4.69) is 4.98 Å². The van der Waals surface area contributed by atoms with Gasteiger partial charge in [0.15, 0.2) is 5.78 Å². The molecule has 1 aromatic heterocycles. The molecule has 0 saturated carbocycles. The van der Waals surface area contributed by atoms with Crippen LogP contribution in [0.4, 0.5) is 0 Å².